The molecule has 0 saturated carbocycles. The highest BCUT2D eigenvalue weighted by atomic mass is 28.4. The second kappa shape index (κ2) is 29.8. The molecule has 0 N–H and O–H groups in total. The molecule has 0 aliphatic carbocycles. The average molecular weight is 1190 g/mol. The fourth-order valence-electron chi connectivity index (χ4n) is 10.8. The molecule has 4 aromatic rings. The minimum absolute atomic E-state index is 0.000313. The number of carbonyl (C=O) groups excluding carboxylic acids is 1. The summed E-state index contributed by atoms with van der Waals surface area (Å²) in [4.78, 5) is 14.1. The van der Waals surface area contributed by atoms with Crippen LogP contribution in [0.25, 0.3) is 0 Å². The molecule has 1 aliphatic heterocycles. The van der Waals surface area contributed by atoms with Crippen LogP contribution in [-0.4, -0.2) is 75.5 Å². The molecule has 83 heavy (non-hydrogen) atoms. The molecule has 460 valence electrons. The predicted molar refractivity (Wildman–Crippen MR) is 355 cm³/mol. The number of benzene rings is 4. The van der Waals surface area contributed by atoms with Gasteiger partial charge in [0.25, 0.3) is 0 Å². The Bertz CT molecular complexity index is 2520. The summed E-state index contributed by atoms with van der Waals surface area (Å²) in [6.07, 6.45) is 11.2. The number of ketones is 1. The van der Waals surface area contributed by atoms with Crippen molar-refractivity contribution in [2.45, 2.75) is 220 Å². The molecule has 0 spiro atoms. The molecule has 0 radical (unpaired) electrons. The molecular formula is C72H112O8Si3. The summed E-state index contributed by atoms with van der Waals surface area (Å²) in [5, 5.41) is 0.0344. The van der Waals surface area contributed by atoms with Gasteiger partial charge in [0.05, 0.1) is 44.7 Å². The van der Waals surface area contributed by atoms with Gasteiger partial charge in [0.1, 0.15) is 17.1 Å². The lowest BCUT2D eigenvalue weighted by Gasteiger charge is -2.44. The number of hydrogen-bond donors (Lipinski definition) is 0. The lowest BCUT2D eigenvalue weighted by Crippen LogP contribution is -2.48. The molecule has 11 heteroatoms. The number of Topliss-reactive ketones (excluding diaryl/α,β-unsaturated/α-hetero) is 1. The molecule has 0 aromatic heterocycles. The predicted octanol–water partition coefficient (Wildman–Crippen LogP) is 19.3. The maximum atomic E-state index is 14.1. The highest BCUT2D eigenvalue weighted by molar-refractivity contribution is 6.75. The highest BCUT2D eigenvalue weighted by Gasteiger charge is 2.45. The van der Waals surface area contributed by atoms with E-state index in [4.69, 9.17) is 32.2 Å². The summed E-state index contributed by atoms with van der Waals surface area (Å²) < 4.78 is 47.9. The third kappa shape index (κ3) is 18.9. The van der Waals surface area contributed by atoms with Crippen LogP contribution in [0.5, 0.6) is 5.75 Å². The van der Waals surface area contributed by atoms with Crippen LogP contribution in [-0.2, 0) is 37.9 Å². The number of carbonyl (C=O) groups is 1. The Morgan fingerprint density at radius 1 is 0.614 bits per heavy atom. The fourth-order valence-corrected chi connectivity index (χ4v) is 14.9. The molecule has 8 nitrogen and oxygen atoms in total. The first-order valence-electron chi connectivity index (χ1n) is 31.3. The van der Waals surface area contributed by atoms with Crippen LogP contribution in [0.4, 0.5) is 0 Å². The smallest absolute Gasteiger partial charge is 0.192 e. The average Bonchev–Trinajstić information content (AvgIpc) is 3.48. The summed E-state index contributed by atoms with van der Waals surface area (Å²) in [5.74, 6) is 1.59. The highest BCUT2D eigenvalue weighted by Crippen LogP contribution is 2.45. The minimum atomic E-state index is -2.29. The van der Waals surface area contributed by atoms with Gasteiger partial charge >= 0.3 is 0 Å². The Morgan fingerprint density at radius 3 is 1.58 bits per heavy atom. The van der Waals surface area contributed by atoms with E-state index >= 15 is 0 Å². The molecule has 4 aromatic carbocycles. The molecule has 1 aliphatic rings. The van der Waals surface area contributed by atoms with E-state index in [1.807, 2.05) is 31.2 Å². The maximum absolute atomic E-state index is 14.1. The summed E-state index contributed by atoms with van der Waals surface area (Å²) >= 11 is 0. The molecule has 1 unspecified atom stereocenters. The van der Waals surface area contributed by atoms with Crippen molar-refractivity contribution in [3.8, 4) is 5.75 Å². The van der Waals surface area contributed by atoms with Crippen LogP contribution in [0.1, 0.15) is 158 Å². The second-order valence-electron chi connectivity index (χ2n) is 29.2. The van der Waals surface area contributed by atoms with Gasteiger partial charge in [-0.2, -0.15) is 0 Å². The molecule has 5 rings (SSSR count). The number of ether oxygens (including phenoxy) is 4. The first-order chi connectivity index (χ1) is 38.6. The van der Waals surface area contributed by atoms with Crippen LogP contribution >= 0.6 is 0 Å². The van der Waals surface area contributed by atoms with Crippen LogP contribution in [0, 0.1) is 35.5 Å². The Kier molecular flexibility index (Phi) is 25.1. The van der Waals surface area contributed by atoms with Gasteiger partial charge < -0.3 is 32.2 Å². The van der Waals surface area contributed by atoms with E-state index in [1.165, 1.54) is 0 Å². The largest absolute Gasteiger partial charge is 0.497 e. The molecule has 0 bridgehead atoms. The van der Waals surface area contributed by atoms with Crippen molar-refractivity contribution < 1.29 is 37.0 Å². The van der Waals surface area contributed by atoms with Crippen LogP contribution in [0.2, 0.25) is 54.4 Å². The molecule has 1 heterocycles. The van der Waals surface area contributed by atoms with E-state index in [1.54, 1.807) is 7.11 Å². The van der Waals surface area contributed by atoms with Gasteiger partial charge in [-0.15, -0.1) is 0 Å². The van der Waals surface area contributed by atoms with Crippen molar-refractivity contribution in [1.82, 2.24) is 0 Å². The zero-order valence-corrected chi connectivity index (χ0v) is 58.6. The summed E-state index contributed by atoms with van der Waals surface area (Å²) in [6.45, 7) is 49.6. The van der Waals surface area contributed by atoms with E-state index in [0.29, 0.717) is 32.0 Å². The Labute approximate surface area is 508 Å². The first kappa shape index (κ1) is 70.0. The van der Waals surface area contributed by atoms with Crippen molar-refractivity contribution in [2.75, 3.05) is 20.3 Å². The monoisotopic (exact) mass is 1190 g/mol. The van der Waals surface area contributed by atoms with Gasteiger partial charge in [-0.25, -0.2) is 0 Å². The third-order valence-electron chi connectivity index (χ3n) is 19.3. The van der Waals surface area contributed by atoms with Gasteiger partial charge in [-0.05, 0) is 120 Å². The van der Waals surface area contributed by atoms with E-state index in [0.717, 1.165) is 40.8 Å². The molecular weight excluding hydrogens is 1080 g/mol. The van der Waals surface area contributed by atoms with Gasteiger partial charge in [0, 0.05) is 30.2 Å². The lowest BCUT2D eigenvalue weighted by molar-refractivity contribution is -0.247. The number of hydrogen-bond acceptors (Lipinski definition) is 8. The van der Waals surface area contributed by atoms with E-state index in [9.17, 15) is 4.79 Å². The SMILES string of the molecule is COc1ccc(C2OC[C@H](C)[C@@H]([C@@H](C)C(=O)CC[C@H](C)C[C@@H](C)[C@@H](O[Si](C)(C)C(C)(C)C)[C@@H](C)/C=C\[C@H](C[C@H](O[Si](C)(C)C(C)(C)C)[C@@H](C)/C=C/COC(c3ccccc3)(c3ccccc3)c3ccccc3)O[Si](C)(C)C(C)(C)C)O2)cc1. The second-order valence-corrected chi connectivity index (χ2v) is 43.4. The van der Waals surface area contributed by atoms with Gasteiger partial charge in [0.2, 0.25) is 0 Å². The Morgan fingerprint density at radius 2 is 1.10 bits per heavy atom. The molecule has 1 fully saturated rings. The number of methoxy groups -OCH3 is 1. The first-order valence-corrected chi connectivity index (χ1v) is 40.0. The van der Waals surface area contributed by atoms with Crippen LogP contribution < -0.4 is 4.74 Å². The zero-order valence-electron chi connectivity index (χ0n) is 55.6. The van der Waals surface area contributed by atoms with E-state index in [-0.39, 0.29) is 74.9 Å². The van der Waals surface area contributed by atoms with Crippen molar-refractivity contribution in [2.24, 2.45) is 35.5 Å². The summed E-state index contributed by atoms with van der Waals surface area (Å²) in [5.41, 5.74) is 3.36. The molecule has 11 atom stereocenters. The molecule has 1 saturated heterocycles. The normalized spacial score (nSPS) is 20.1. The van der Waals surface area contributed by atoms with Crippen molar-refractivity contribution in [3.63, 3.8) is 0 Å². The maximum Gasteiger partial charge on any atom is 0.192 e. The standard InChI is InChI=1S/C72H112O8Si3/c1-52(40-47-64(73)57(6)67-56(5)51-75-68(77-67)58-42-45-62(74-16)46-43-58)49-55(4)66(80-83(21,22)71(13,14)15)54(3)41-44-63(78-81(17,18)69(7,8)9)50-65(79-82(19,20)70(10,11)12)53(2)33-32-48-76-72(59-34-26-23-27-35-59,60-36-28-24-29-37-60)61-38-30-25-31-39-61/h23-39,41-46,52-57,63,65-68H,40,47-51H2,1-22H3/b33-32+,44-41-/t52-,53-,54-,55+,56-,57-,63+,65-,66-,67-,68?/m0/s1. The number of rotatable bonds is 29. The Hall–Kier alpha value is -3.76. The van der Waals surface area contributed by atoms with Crippen LogP contribution in [0.15, 0.2) is 140 Å². The van der Waals surface area contributed by atoms with Crippen molar-refractivity contribution in [3.05, 3.63) is 162 Å². The zero-order chi connectivity index (χ0) is 61.8. The van der Waals surface area contributed by atoms with Crippen molar-refractivity contribution in [1.29, 1.82) is 0 Å². The topological polar surface area (TPSA) is 81.7 Å². The summed E-state index contributed by atoms with van der Waals surface area (Å²) in [6, 6.07) is 39.6. The third-order valence-corrected chi connectivity index (χ3v) is 32.8. The van der Waals surface area contributed by atoms with Gasteiger partial charge in [0.15, 0.2) is 31.2 Å². The van der Waals surface area contributed by atoms with Crippen molar-refractivity contribution >= 4 is 30.7 Å². The minimum Gasteiger partial charge on any atom is -0.497 e. The fraction of sp³-hybridized carbons (Fsp3) is 0.597. The quantitative estimate of drug-likeness (QED) is 0.0302. The molecule has 0 amide bonds. The van der Waals surface area contributed by atoms with E-state index < -0.39 is 36.8 Å². The van der Waals surface area contributed by atoms with Gasteiger partial charge in [-0.3, -0.25) is 4.79 Å². The van der Waals surface area contributed by atoms with Gasteiger partial charge in [-0.1, -0.05) is 231 Å². The van der Waals surface area contributed by atoms with Crippen LogP contribution in [0.3, 0.4) is 0 Å². The summed E-state index contributed by atoms with van der Waals surface area (Å²) in [7, 11) is -5.13. The van der Waals surface area contributed by atoms with E-state index in [2.05, 4.69) is 252 Å². The Balaban J connectivity index is 1.41. The lowest BCUT2D eigenvalue weighted by atomic mass is 9.80.